The lowest BCUT2D eigenvalue weighted by atomic mass is 10.4. The van der Waals surface area contributed by atoms with Gasteiger partial charge >= 0.3 is 0 Å². The second-order valence-electron chi connectivity index (χ2n) is 2.88. The fraction of sp³-hybridized carbons (Fsp3) is 0.444. The Labute approximate surface area is 93.6 Å². The number of nitrogens with zero attached hydrogens (tertiary/aromatic N) is 1. The summed E-state index contributed by atoms with van der Waals surface area (Å²) in [6, 6.07) is 5.29. The number of hydrogen-bond acceptors (Lipinski definition) is 4. The van der Waals surface area contributed by atoms with Crippen LogP contribution in [0.1, 0.15) is 18.2 Å². The maximum absolute atomic E-state index is 11.6. The van der Waals surface area contributed by atoms with Gasteiger partial charge in [0, 0.05) is 17.8 Å². The number of hydrogen-bond donors (Lipinski definition) is 1. The molecule has 82 valence electrons. The summed E-state index contributed by atoms with van der Waals surface area (Å²) in [4.78, 5) is 1.04. The number of rotatable bonds is 5. The second kappa shape index (κ2) is 5.26. The molecule has 0 radical (unpaired) electrons. The van der Waals surface area contributed by atoms with Crippen molar-refractivity contribution < 1.29 is 8.42 Å². The van der Waals surface area contributed by atoms with Crippen molar-refractivity contribution in [2.75, 3.05) is 6.54 Å². The Balaban J connectivity index is 2.74. The average Bonchev–Trinajstić information content (AvgIpc) is 2.66. The van der Waals surface area contributed by atoms with E-state index in [0.717, 1.165) is 11.3 Å². The average molecular weight is 244 g/mol. The summed E-state index contributed by atoms with van der Waals surface area (Å²) in [5.41, 5.74) is 0. The van der Waals surface area contributed by atoms with Crippen LogP contribution in [0.25, 0.3) is 0 Å². The molecule has 0 aliphatic rings. The van der Waals surface area contributed by atoms with Crippen LogP contribution in [0.15, 0.2) is 16.3 Å². The van der Waals surface area contributed by atoms with E-state index in [1.165, 1.54) is 11.3 Å². The molecular weight excluding hydrogens is 232 g/mol. The summed E-state index contributed by atoms with van der Waals surface area (Å²) in [5, 5.41) is 8.29. The Morgan fingerprint density at radius 1 is 1.53 bits per heavy atom. The highest BCUT2D eigenvalue weighted by atomic mass is 32.2. The molecule has 1 aromatic rings. The fourth-order valence-electron chi connectivity index (χ4n) is 1.01. The van der Waals surface area contributed by atoms with Crippen LogP contribution in [-0.2, 0) is 16.4 Å². The molecule has 0 aromatic carbocycles. The van der Waals surface area contributed by atoms with Gasteiger partial charge in [-0.2, -0.15) is 5.26 Å². The van der Waals surface area contributed by atoms with Gasteiger partial charge in [-0.25, -0.2) is 13.1 Å². The quantitative estimate of drug-likeness (QED) is 0.798. The van der Waals surface area contributed by atoms with Crippen molar-refractivity contribution in [3.8, 4) is 6.07 Å². The molecule has 0 bridgehead atoms. The summed E-state index contributed by atoms with van der Waals surface area (Å²) in [5.74, 6) is 0. The zero-order valence-electron chi connectivity index (χ0n) is 8.36. The highest BCUT2D eigenvalue weighted by molar-refractivity contribution is 7.91. The zero-order valence-corrected chi connectivity index (χ0v) is 9.99. The van der Waals surface area contributed by atoms with Crippen molar-refractivity contribution in [3.05, 3.63) is 17.0 Å². The van der Waals surface area contributed by atoms with E-state index >= 15 is 0 Å². The van der Waals surface area contributed by atoms with Crippen LogP contribution in [0.2, 0.25) is 0 Å². The van der Waals surface area contributed by atoms with Gasteiger partial charge in [-0.05, 0) is 18.6 Å². The lowest BCUT2D eigenvalue weighted by molar-refractivity contribution is 0.584. The van der Waals surface area contributed by atoms with Crippen LogP contribution < -0.4 is 4.72 Å². The minimum absolute atomic E-state index is 0.165. The van der Waals surface area contributed by atoms with E-state index in [0.29, 0.717) is 4.21 Å². The Morgan fingerprint density at radius 2 is 2.27 bits per heavy atom. The molecule has 0 unspecified atom stereocenters. The molecule has 0 saturated carbocycles. The molecule has 15 heavy (non-hydrogen) atoms. The van der Waals surface area contributed by atoms with Crippen molar-refractivity contribution in [2.45, 2.75) is 24.0 Å². The molecular formula is C9H12N2O2S2. The van der Waals surface area contributed by atoms with E-state index in [-0.39, 0.29) is 13.0 Å². The van der Waals surface area contributed by atoms with Crippen molar-refractivity contribution in [2.24, 2.45) is 0 Å². The zero-order chi connectivity index (χ0) is 11.3. The predicted molar refractivity (Wildman–Crippen MR) is 59.1 cm³/mol. The fourth-order valence-corrected chi connectivity index (χ4v) is 3.38. The lowest BCUT2D eigenvalue weighted by Crippen LogP contribution is -2.23. The lowest BCUT2D eigenvalue weighted by Gasteiger charge is -2.00. The van der Waals surface area contributed by atoms with Crippen LogP contribution in [-0.4, -0.2) is 15.0 Å². The normalized spacial score (nSPS) is 11.2. The molecule has 1 rings (SSSR count). The van der Waals surface area contributed by atoms with Gasteiger partial charge in [0.05, 0.1) is 6.07 Å². The van der Waals surface area contributed by atoms with Gasteiger partial charge in [0.2, 0.25) is 10.0 Å². The van der Waals surface area contributed by atoms with E-state index in [4.69, 9.17) is 5.26 Å². The molecule has 0 saturated heterocycles. The van der Waals surface area contributed by atoms with Gasteiger partial charge in [-0.1, -0.05) is 6.92 Å². The van der Waals surface area contributed by atoms with Crippen LogP contribution >= 0.6 is 11.3 Å². The van der Waals surface area contributed by atoms with Gasteiger partial charge in [-0.3, -0.25) is 0 Å². The molecule has 0 aliphatic carbocycles. The molecule has 1 heterocycles. The standard InChI is InChI=1S/C9H12N2O2S2/c1-2-8-4-5-9(14-8)15(12,13)11-7-3-6-10/h4-5,11H,2-3,7H2,1H3. The van der Waals surface area contributed by atoms with Crippen molar-refractivity contribution in [1.82, 2.24) is 4.72 Å². The van der Waals surface area contributed by atoms with Gasteiger partial charge in [0.25, 0.3) is 0 Å². The Hall–Kier alpha value is -0.900. The smallest absolute Gasteiger partial charge is 0.209 e. The maximum Gasteiger partial charge on any atom is 0.250 e. The first kappa shape index (κ1) is 12.2. The number of sulfonamides is 1. The summed E-state index contributed by atoms with van der Waals surface area (Å²) < 4.78 is 25.9. The van der Waals surface area contributed by atoms with Gasteiger partial charge in [0.15, 0.2) is 0 Å². The molecule has 0 fully saturated rings. The molecule has 0 spiro atoms. The summed E-state index contributed by atoms with van der Waals surface area (Å²) in [6.45, 7) is 2.14. The van der Waals surface area contributed by atoms with Crippen LogP contribution in [0.4, 0.5) is 0 Å². The number of nitrogens with one attached hydrogen (secondary N) is 1. The van der Waals surface area contributed by atoms with Crippen LogP contribution in [0.3, 0.4) is 0 Å². The van der Waals surface area contributed by atoms with E-state index < -0.39 is 10.0 Å². The summed E-state index contributed by atoms with van der Waals surface area (Å²) in [6.07, 6.45) is 1.02. The third kappa shape index (κ3) is 3.30. The second-order valence-corrected chi connectivity index (χ2v) is 6.04. The first-order valence-electron chi connectivity index (χ1n) is 4.55. The summed E-state index contributed by atoms with van der Waals surface area (Å²) >= 11 is 1.26. The van der Waals surface area contributed by atoms with Crippen molar-refractivity contribution >= 4 is 21.4 Å². The first-order chi connectivity index (χ1) is 7.10. The Morgan fingerprint density at radius 3 is 2.80 bits per heavy atom. The van der Waals surface area contributed by atoms with Gasteiger partial charge < -0.3 is 0 Å². The van der Waals surface area contributed by atoms with Crippen molar-refractivity contribution in [1.29, 1.82) is 5.26 Å². The van der Waals surface area contributed by atoms with Gasteiger partial charge in [0.1, 0.15) is 4.21 Å². The van der Waals surface area contributed by atoms with Gasteiger partial charge in [-0.15, -0.1) is 11.3 Å². The van der Waals surface area contributed by atoms with E-state index in [2.05, 4.69) is 4.72 Å². The van der Waals surface area contributed by atoms with Crippen molar-refractivity contribution in [3.63, 3.8) is 0 Å². The van der Waals surface area contributed by atoms with Crippen LogP contribution in [0.5, 0.6) is 0 Å². The minimum atomic E-state index is -3.40. The monoisotopic (exact) mass is 244 g/mol. The third-order valence-electron chi connectivity index (χ3n) is 1.78. The Kier molecular flexibility index (Phi) is 4.27. The number of thiophene rings is 1. The minimum Gasteiger partial charge on any atom is -0.209 e. The molecule has 0 amide bonds. The van der Waals surface area contributed by atoms with E-state index in [9.17, 15) is 8.42 Å². The van der Waals surface area contributed by atoms with E-state index in [1.807, 2.05) is 19.1 Å². The Bertz CT molecular complexity index is 457. The highest BCUT2D eigenvalue weighted by Crippen LogP contribution is 2.21. The summed E-state index contributed by atoms with van der Waals surface area (Å²) in [7, 11) is -3.40. The molecule has 1 N–H and O–H groups in total. The highest BCUT2D eigenvalue weighted by Gasteiger charge is 2.15. The molecule has 4 nitrogen and oxygen atoms in total. The molecule has 6 heteroatoms. The molecule has 0 atom stereocenters. The molecule has 1 aromatic heterocycles. The SMILES string of the molecule is CCc1ccc(S(=O)(=O)NCCC#N)s1. The first-order valence-corrected chi connectivity index (χ1v) is 6.85. The third-order valence-corrected chi connectivity index (χ3v) is 4.96. The largest absolute Gasteiger partial charge is 0.250 e. The number of nitriles is 1. The predicted octanol–water partition coefficient (Wildman–Crippen LogP) is 1.50. The maximum atomic E-state index is 11.6. The van der Waals surface area contributed by atoms with E-state index in [1.54, 1.807) is 6.07 Å². The van der Waals surface area contributed by atoms with Crippen LogP contribution in [0, 0.1) is 11.3 Å². The number of aryl methyl sites for hydroxylation is 1. The topological polar surface area (TPSA) is 70.0 Å². The molecule has 0 aliphatic heterocycles.